The van der Waals surface area contributed by atoms with E-state index in [4.69, 9.17) is 9.47 Å². The minimum atomic E-state index is -0.666. The first-order valence-electron chi connectivity index (χ1n) is 9.35. The Bertz CT molecular complexity index is 1010. The molecule has 0 N–H and O–H groups in total. The van der Waals surface area contributed by atoms with Crippen LogP contribution in [0.1, 0.15) is 41.9 Å². The number of esters is 2. The monoisotopic (exact) mass is 437 g/mol. The van der Waals surface area contributed by atoms with Gasteiger partial charge in [0.2, 0.25) is 5.91 Å². The molecule has 2 aliphatic heterocycles. The summed E-state index contributed by atoms with van der Waals surface area (Å²) >= 11 is 2.68. The van der Waals surface area contributed by atoms with Gasteiger partial charge in [0.15, 0.2) is 0 Å². The van der Waals surface area contributed by atoms with Crippen LogP contribution in [-0.4, -0.2) is 46.0 Å². The topological polar surface area (TPSA) is 72.9 Å². The van der Waals surface area contributed by atoms with Gasteiger partial charge in [-0.3, -0.25) is 4.79 Å². The third-order valence-electron chi connectivity index (χ3n) is 5.30. The van der Waals surface area contributed by atoms with Crippen LogP contribution >= 0.6 is 23.1 Å². The van der Waals surface area contributed by atoms with Crippen LogP contribution in [0.5, 0.6) is 0 Å². The molecule has 29 heavy (non-hydrogen) atoms. The number of hydrogen-bond acceptors (Lipinski definition) is 7. The predicted molar refractivity (Wildman–Crippen MR) is 108 cm³/mol. The summed E-state index contributed by atoms with van der Waals surface area (Å²) in [6.45, 7) is 3.57. The van der Waals surface area contributed by atoms with Crippen LogP contribution in [-0.2, 0) is 25.7 Å². The van der Waals surface area contributed by atoms with E-state index in [0.717, 1.165) is 11.3 Å². The Balaban J connectivity index is 1.59. The van der Waals surface area contributed by atoms with Crippen LogP contribution in [0.25, 0.3) is 10.1 Å². The third kappa shape index (κ3) is 3.40. The smallest absolute Gasteiger partial charge is 0.348 e. The van der Waals surface area contributed by atoms with E-state index in [2.05, 4.69) is 0 Å². The SMILES string of the molecule is CCOC(=O)c1sc2cccc(F)c2c1COC(=O)[C@@H]1CS[C@]2(C)CCC(=O)N12. The largest absolute Gasteiger partial charge is 0.462 e. The molecule has 154 valence electrons. The van der Waals surface area contributed by atoms with Crippen molar-refractivity contribution in [3.8, 4) is 0 Å². The van der Waals surface area contributed by atoms with Gasteiger partial charge in [-0.1, -0.05) is 6.07 Å². The molecule has 2 atom stereocenters. The van der Waals surface area contributed by atoms with E-state index in [-0.39, 0.29) is 34.3 Å². The summed E-state index contributed by atoms with van der Waals surface area (Å²) in [6.07, 6.45) is 1.12. The second kappa shape index (κ2) is 7.60. The van der Waals surface area contributed by atoms with E-state index < -0.39 is 23.8 Å². The van der Waals surface area contributed by atoms with E-state index in [9.17, 15) is 18.8 Å². The van der Waals surface area contributed by atoms with Crippen molar-refractivity contribution in [2.75, 3.05) is 12.4 Å². The van der Waals surface area contributed by atoms with Crippen molar-refractivity contribution in [1.29, 1.82) is 0 Å². The minimum absolute atomic E-state index is 0.0568. The van der Waals surface area contributed by atoms with Crippen LogP contribution in [0.2, 0.25) is 0 Å². The number of halogens is 1. The van der Waals surface area contributed by atoms with Crippen molar-refractivity contribution in [2.45, 2.75) is 44.2 Å². The maximum absolute atomic E-state index is 14.5. The molecule has 0 unspecified atom stereocenters. The number of benzene rings is 1. The second-order valence-corrected chi connectivity index (χ2v) is 9.67. The first-order chi connectivity index (χ1) is 13.9. The quantitative estimate of drug-likeness (QED) is 0.664. The highest BCUT2D eigenvalue weighted by Gasteiger charge is 2.53. The van der Waals surface area contributed by atoms with Gasteiger partial charge in [-0.2, -0.15) is 0 Å². The van der Waals surface area contributed by atoms with Crippen LogP contribution in [0, 0.1) is 5.82 Å². The lowest BCUT2D eigenvalue weighted by molar-refractivity contribution is -0.154. The zero-order valence-electron chi connectivity index (χ0n) is 16.0. The Morgan fingerprint density at radius 3 is 2.90 bits per heavy atom. The van der Waals surface area contributed by atoms with Gasteiger partial charge in [0, 0.05) is 27.8 Å². The third-order valence-corrected chi connectivity index (χ3v) is 7.98. The lowest BCUT2D eigenvalue weighted by Gasteiger charge is -2.29. The number of thioether (sulfide) groups is 1. The van der Waals surface area contributed by atoms with Gasteiger partial charge in [-0.05, 0) is 32.4 Å². The molecule has 3 heterocycles. The molecule has 2 fully saturated rings. The number of amides is 1. The van der Waals surface area contributed by atoms with Crippen molar-refractivity contribution in [3.63, 3.8) is 0 Å². The van der Waals surface area contributed by atoms with E-state index in [1.807, 2.05) is 6.92 Å². The molecule has 9 heteroatoms. The molecule has 0 bridgehead atoms. The normalized spacial score (nSPS) is 23.5. The number of hydrogen-bond donors (Lipinski definition) is 0. The number of carbonyl (C=O) groups excluding carboxylic acids is 3. The highest BCUT2D eigenvalue weighted by atomic mass is 32.2. The molecule has 0 aliphatic carbocycles. The summed E-state index contributed by atoms with van der Waals surface area (Å²) in [4.78, 5) is 38.8. The second-order valence-electron chi connectivity index (χ2n) is 7.12. The Labute approximate surface area is 175 Å². The average molecular weight is 438 g/mol. The molecule has 2 aromatic rings. The Morgan fingerprint density at radius 1 is 1.34 bits per heavy atom. The van der Waals surface area contributed by atoms with Gasteiger partial charge in [-0.15, -0.1) is 23.1 Å². The van der Waals surface area contributed by atoms with Gasteiger partial charge >= 0.3 is 11.9 Å². The van der Waals surface area contributed by atoms with Crippen LogP contribution in [0.15, 0.2) is 18.2 Å². The van der Waals surface area contributed by atoms with Crippen LogP contribution < -0.4 is 0 Å². The van der Waals surface area contributed by atoms with Crippen LogP contribution in [0.3, 0.4) is 0 Å². The number of ether oxygens (including phenoxy) is 2. The Morgan fingerprint density at radius 2 is 2.14 bits per heavy atom. The van der Waals surface area contributed by atoms with E-state index >= 15 is 0 Å². The summed E-state index contributed by atoms with van der Waals surface area (Å²) in [7, 11) is 0. The van der Waals surface area contributed by atoms with Gasteiger partial charge < -0.3 is 14.4 Å². The van der Waals surface area contributed by atoms with Crippen molar-refractivity contribution >= 4 is 51.0 Å². The summed E-state index contributed by atoms with van der Waals surface area (Å²) < 4.78 is 25.6. The zero-order valence-corrected chi connectivity index (χ0v) is 17.7. The summed E-state index contributed by atoms with van der Waals surface area (Å²) in [5, 5.41) is 0.260. The van der Waals surface area contributed by atoms with Crippen LogP contribution in [0.4, 0.5) is 4.39 Å². The zero-order chi connectivity index (χ0) is 20.8. The number of thiophene rings is 1. The molecule has 2 saturated heterocycles. The summed E-state index contributed by atoms with van der Waals surface area (Å²) in [5.74, 6) is -1.19. The molecule has 6 nitrogen and oxygen atoms in total. The predicted octanol–water partition coefficient (Wildman–Crippen LogP) is 3.71. The van der Waals surface area contributed by atoms with E-state index in [1.54, 1.807) is 35.7 Å². The molecule has 0 radical (unpaired) electrons. The highest BCUT2D eigenvalue weighted by molar-refractivity contribution is 8.01. The molecule has 1 amide bonds. The molecule has 0 spiro atoms. The maximum Gasteiger partial charge on any atom is 0.348 e. The molecule has 4 rings (SSSR count). The van der Waals surface area contributed by atoms with Gasteiger partial charge in [0.05, 0.1) is 11.5 Å². The van der Waals surface area contributed by atoms with Crippen molar-refractivity contribution in [3.05, 3.63) is 34.5 Å². The lowest BCUT2D eigenvalue weighted by atomic mass is 10.1. The van der Waals surface area contributed by atoms with Gasteiger partial charge in [-0.25, -0.2) is 14.0 Å². The van der Waals surface area contributed by atoms with E-state index in [0.29, 0.717) is 28.9 Å². The minimum Gasteiger partial charge on any atom is -0.462 e. The van der Waals surface area contributed by atoms with Gasteiger partial charge in [0.25, 0.3) is 0 Å². The molecule has 0 saturated carbocycles. The summed E-state index contributed by atoms with van der Waals surface area (Å²) in [5.41, 5.74) is 0.302. The van der Waals surface area contributed by atoms with Crippen molar-refractivity contribution < 1.29 is 28.2 Å². The van der Waals surface area contributed by atoms with E-state index in [1.165, 1.54) is 6.07 Å². The summed E-state index contributed by atoms with van der Waals surface area (Å²) in [6, 6.07) is 3.91. The van der Waals surface area contributed by atoms with Gasteiger partial charge in [0.1, 0.15) is 23.3 Å². The fourth-order valence-corrected chi connectivity index (χ4v) is 6.43. The molecular formula is C20H20FNO5S2. The lowest BCUT2D eigenvalue weighted by Crippen LogP contribution is -2.46. The fourth-order valence-electron chi connectivity index (χ4n) is 3.90. The van der Waals surface area contributed by atoms with Crippen molar-refractivity contribution in [1.82, 2.24) is 4.90 Å². The Hall–Kier alpha value is -2.13. The first-order valence-corrected chi connectivity index (χ1v) is 11.2. The number of carbonyl (C=O) groups is 3. The fraction of sp³-hybridized carbons (Fsp3) is 0.450. The molecule has 1 aromatic carbocycles. The Kier molecular flexibility index (Phi) is 5.29. The molecular weight excluding hydrogens is 417 g/mol. The number of nitrogens with zero attached hydrogens (tertiary/aromatic N) is 1. The number of fused-ring (bicyclic) bond motifs is 2. The maximum atomic E-state index is 14.5. The van der Waals surface area contributed by atoms with Crippen molar-refractivity contribution in [2.24, 2.45) is 0 Å². The molecule has 1 aromatic heterocycles. The highest BCUT2D eigenvalue weighted by Crippen LogP contribution is 2.47. The standard InChI is InChI=1S/C20H20FNO5S2/c1-3-26-19(25)17-11(16-12(21)5-4-6-14(16)29-17)9-27-18(24)13-10-28-20(2)8-7-15(23)22(13)20/h4-6,13H,3,7-10H2,1-2H3/t13-,20+/m0/s1. The molecule has 2 aliphatic rings. The average Bonchev–Trinajstić information content (AvgIpc) is 3.32. The first kappa shape index (κ1) is 20.2. The number of rotatable bonds is 5.